The van der Waals surface area contributed by atoms with Crippen molar-refractivity contribution in [1.82, 2.24) is 4.98 Å². The maximum Gasteiger partial charge on any atom is 0.169 e. The van der Waals surface area contributed by atoms with Crippen molar-refractivity contribution in [3.05, 3.63) is 48.0 Å². The lowest BCUT2D eigenvalue weighted by Gasteiger charge is -2.09. The predicted octanol–water partition coefficient (Wildman–Crippen LogP) is 3.15. The van der Waals surface area contributed by atoms with Crippen molar-refractivity contribution in [2.45, 2.75) is 0 Å². The Kier molecular flexibility index (Phi) is 3.18. The minimum absolute atomic E-state index is 0.00447. The Hall–Kier alpha value is -2.17. The van der Waals surface area contributed by atoms with E-state index in [2.05, 4.69) is 15.6 Å². The van der Waals surface area contributed by atoms with Crippen LogP contribution in [-0.2, 0) is 0 Å². The van der Waals surface area contributed by atoms with E-state index in [1.54, 1.807) is 12.1 Å². The molecule has 2 aromatic rings. The van der Waals surface area contributed by atoms with Crippen LogP contribution in [0.4, 0.5) is 26.1 Å². The van der Waals surface area contributed by atoms with Gasteiger partial charge in [-0.15, -0.1) is 0 Å². The first-order valence-corrected chi connectivity index (χ1v) is 5.06. The minimum Gasteiger partial charge on any atom is -0.371 e. The summed E-state index contributed by atoms with van der Waals surface area (Å²) < 4.78 is 26.6. The molecule has 5 heteroatoms. The fourth-order valence-electron chi connectivity index (χ4n) is 1.39. The molecule has 0 unspecified atom stereocenters. The molecule has 0 aliphatic carbocycles. The van der Waals surface area contributed by atoms with Crippen molar-refractivity contribution in [3.8, 4) is 0 Å². The van der Waals surface area contributed by atoms with Crippen LogP contribution in [0, 0.1) is 11.6 Å². The van der Waals surface area contributed by atoms with Crippen LogP contribution in [0.1, 0.15) is 0 Å². The third kappa shape index (κ3) is 2.50. The quantitative estimate of drug-likeness (QED) is 0.858. The smallest absolute Gasteiger partial charge is 0.169 e. The molecule has 2 rings (SSSR count). The molecule has 2 N–H and O–H groups in total. The molecule has 0 amide bonds. The van der Waals surface area contributed by atoms with Gasteiger partial charge in [0, 0.05) is 18.8 Å². The first-order chi connectivity index (χ1) is 8.20. The van der Waals surface area contributed by atoms with Gasteiger partial charge in [0.1, 0.15) is 0 Å². The molecule has 0 atom stereocenters. The summed E-state index contributed by atoms with van der Waals surface area (Å²) in [4.78, 5) is 3.81. The summed E-state index contributed by atoms with van der Waals surface area (Å²) in [6.45, 7) is 0. The molecule has 0 saturated heterocycles. The van der Waals surface area contributed by atoms with Crippen molar-refractivity contribution in [1.29, 1.82) is 0 Å². The van der Waals surface area contributed by atoms with E-state index in [0.29, 0.717) is 5.69 Å². The van der Waals surface area contributed by atoms with E-state index in [4.69, 9.17) is 0 Å². The van der Waals surface area contributed by atoms with Gasteiger partial charge in [0.2, 0.25) is 0 Å². The number of pyridine rings is 1. The van der Waals surface area contributed by atoms with E-state index in [0.717, 1.165) is 6.07 Å². The number of benzene rings is 1. The van der Waals surface area contributed by atoms with Crippen LogP contribution in [0.3, 0.4) is 0 Å². The van der Waals surface area contributed by atoms with Crippen molar-refractivity contribution in [3.63, 3.8) is 0 Å². The topological polar surface area (TPSA) is 37.0 Å². The molecule has 0 fully saturated rings. The van der Waals surface area contributed by atoms with Gasteiger partial charge < -0.3 is 10.6 Å². The Morgan fingerprint density at radius 1 is 1.00 bits per heavy atom. The fraction of sp³-hybridized carbons (Fsp3) is 0.0833. The average molecular weight is 235 g/mol. The molecule has 0 radical (unpaired) electrons. The van der Waals surface area contributed by atoms with Crippen LogP contribution < -0.4 is 10.6 Å². The molecule has 0 spiro atoms. The van der Waals surface area contributed by atoms with E-state index >= 15 is 0 Å². The zero-order valence-electron chi connectivity index (χ0n) is 9.17. The van der Waals surface area contributed by atoms with Crippen molar-refractivity contribution in [2.75, 3.05) is 17.7 Å². The summed E-state index contributed by atoms with van der Waals surface area (Å²) in [7, 11) is 1.52. The Balaban J connectivity index is 2.33. The number of para-hydroxylation sites is 1. The highest BCUT2D eigenvalue weighted by molar-refractivity contribution is 5.58. The molecular weight excluding hydrogens is 224 g/mol. The van der Waals surface area contributed by atoms with E-state index in [1.165, 1.54) is 7.05 Å². The SMILES string of the molecule is CNc1nc(Nc2ccccc2)c(F)cc1F. The summed E-state index contributed by atoms with van der Waals surface area (Å²) in [5, 5.41) is 5.34. The maximum absolute atomic E-state index is 13.5. The third-order valence-electron chi connectivity index (χ3n) is 2.20. The number of aromatic nitrogens is 1. The lowest BCUT2D eigenvalue weighted by Crippen LogP contribution is -2.03. The van der Waals surface area contributed by atoms with Crippen LogP contribution >= 0.6 is 0 Å². The van der Waals surface area contributed by atoms with Crippen LogP contribution in [0.5, 0.6) is 0 Å². The van der Waals surface area contributed by atoms with Gasteiger partial charge in [-0.3, -0.25) is 0 Å². The van der Waals surface area contributed by atoms with Gasteiger partial charge in [0.25, 0.3) is 0 Å². The molecule has 0 aliphatic rings. The van der Waals surface area contributed by atoms with Gasteiger partial charge in [-0.05, 0) is 12.1 Å². The highest BCUT2D eigenvalue weighted by Gasteiger charge is 2.10. The molecule has 0 bridgehead atoms. The molecule has 88 valence electrons. The number of hydrogen-bond acceptors (Lipinski definition) is 3. The number of hydrogen-bond donors (Lipinski definition) is 2. The third-order valence-corrected chi connectivity index (χ3v) is 2.20. The highest BCUT2D eigenvalue weighted by Crippen LogP contribution is 2.21. The molecule has 1 aromatic carbocycles. The number of rotatable bonds is 3. The number of halogens is 2. The first-order valence-electron chi connectivity index (χ1n) is 5.06. The minimum atomic E-state index is -0.731. The largest absolute Gasteiger partial charge is 0.371 e. The van der Waals surface area contributed by atoms with Crippen molar-refractivity contribution < 1.29 is 8.78 Å². The fourth-order valence-corrected chi connectivity index (χ4v) is 1.39. The van der Waals surface area contributed by atoms with Crippen molar-refractivity contribution in [2.24, 2.45) is 0 Å². The molecule has 0 saturated carbocycles. The van der Waals surface area contributed by atoms with Gasteiger partial charge in [0.05, 0.1) is 0 Å². The predicted molar refractivity (Wildman–Crippen MR) is 63.4 cm³/mol. The summed E-state index contributed by atoms with van der Waals surface area (Å²) in [6.07, 6.45) is 0. The lowest BCUT2D eigenvalue weighted by atomic mass is 10.3. The average Bonchev–Trinajstić information content (AvgIpc) is 2.34. The standard InChI is InChI=1S/C12H11F2N3/c1-15-11-9(13)7-10(14)12(17-11)16-8-5-3-2-4-6-8/h2-7H,1H3,(H2,15,16,17). The first kappa shape index (κ1) is 11.3. The van der Waals surface area contributed by atoms with Gasteiger partial charge in [-0.1, -0.05) is 18.2 Å². The molecule has 3 nitrogen and oxygen atoms in total. The van der Waals surface area contributed by atoms with Gasteiger partial charge in [-0.25, -0.2) is 13.8 Å². The number of nitrogens with zero attached hydrogens (tertiary/aromatic N) is 1. The Morgan fingerprint density at radius 2 is 1.65 bits per heavy atom. The van der Waals surface area contributed by atoms with Crippen LogP contribution in [-0.4, -0.2) is 12.0 Å². The molecule has 1 heterocycles. The van der Waals surface area contributed by atoms with Crippen molar-refractivity contribution >= 4 is 17.3 Å². The summed E-state index contributed by atoms with van der Waals surface area (Å²) in [6, 6.07) is 9.79. The van der Waals surface area contributed by atoms with E-state index in [1.807, 2.05) is 18.2 Å². The summed E-state index contributed by atoms with van der Waals surface area (Å²) >= 11 is 0. The maximum atomic E-state index is 13.5. The van der Waals surface area contributed by atoms with E-state index in [9.17, 15) is 8.78 Å². The Bertz CT molecular complexity index is 515. The molecule has 0 aliphatic heterocycles. The monoisotopic (exact) mass is 235 g/mol. The lowest BCUT2D eigenvalue weighted by molar-refractivity contribution is 0.580. The second-order valence-electron chi connectivity index (χ2n) is 3.39. The Labute approximate surface area is 97.5 Å². The van der Waals surface area contributed by atoms with Crippen LogP contribution in [0.2, 0.25) is 0 Å². The molecule has 17 heavy (non-hydrogen) atoms. The zero-order valence-corrected chi connectivity index (χ0v) is 9.17. The van der Waals surface area contributed by atoms with Gasteiger partial charge in [-0.2, -0.15) is 0 Å². The van der Waals surface area contributed by atoms with E-state index < -0.39 is 11.6 Å². The highest BCUT2D eigenvalue weighted by atomic mass is 19.1. The van der Waals surface area contributed by atoms with E-state index in [-0.39, 0.29) is 11.6 Å². The zero-order chi connectivity index (χ0) is 12.3. The second kappa shape index (κ2) is 4.78. The van der Waals surface area contributed by atoms with Crippen LogP contribution in [0.25, 0.3) is 0 Å². The second-order valence-corrected chi connectivity index (χ2v) is 3.39. The van der Waals surface area contributed by atoms with Gasteiger partial charge >= 0.3 is 0 Å². The van der Waals surface area contributed by atoms with Gasteiger partial charge in [0.15, 0.2) is 23.3 Å². The van der Waals surface area contributed by atoms with Crippen LogP contribution in [0.15, 0.2) is 36.4 Å². The number of anilines is 3. The molecule has 1 aromatic heterocycles. The normalized spacial score (nSPS) is 10.1. The summed E-state index contributed by atoms with van der Waals surface area (Å²) in [5.74, 6) is -1.46. The summed E-state index contributed by atoms with van der Waals surface area (Å²) in [5.41, 5.74) is 0.688. The molecular formula is C12H11F2N3. The Morgan fingerprint density at radius 3 is 2.29 bits per heavy atom. The number of nitrogens with one attached hydrogen (secondary N) is 2.